The van der Waals surface area contributed by atoms with E-state index in [0.29, 0.717) is 12.0 Å². The first-order valence-corrected chi connectivity index (χ1v) is 8.29. The van der Waals surface area contributed by atoms with Crippen molar-refractivity contribution in [2.24, 2.45) is 16.9 Å². The van der Waals surface area contributed by atoms with Crippen LogP contribution in [0.4, 0.5) is 5.69 Å². The summed E-state index contributed by atoms with van der Waals surface area (Å²) in [5.74, 6) is -1.42. The number of hydrazone groups is 1. The Morgan fingerprint density at radius 2 is 1.96 bits per heavy atom. The molecule has 0 aliphatic carbocycles. The van der Waals surface area contributed by atoms with E-state index in [0.717, 1.165) is 24.4 Å². The first-order valence-electron chi connectivity index (χ1n) is 8.29. The lowest BCUT2D eigenvalue weighted by molar-refractivity contribution is -0.142. The number of carboxylic acids is 1. The van der Waals surface area contributed by atoms with Crippen molar-refractivity contribution in [2.45, 2.75) is 33.6 Å². The smallest absolute Gasteiger partial charge is 0.308 e. The van der Waals surface area contributed by atoms with Gasteiger partial charge in [0, 0.05) is 30.8 Å². The molecular formula is C18H25N3O3. The van der Waals surface area contributed by atoms with Crippen molar-refractivity contribution >= 4 is 23.3 Å². The van der Waals surface area contributed by atoms with Crippen molar-refractivity contribution < 1.29 is 14.7 Å². The number of nitrogens with zero attached hydrogens (tertiary/aromatic N) is 2. The molecule has 0 aromatic heterocycles. The van der Waals surface area contributed by atoms with Gasteiger partial charge in [-0.25, -0.2) is 0 Å². The molecule has 1 aliphatic heterocycles. The Balaban J connectivity index is 1.93. The Morgan fingerprint density at radius 3 is 2.46 bits per heavy atom. The van der Waals surface area contributed by atoms with Gasteiger partial charge in [-0.1, -0.05) is 13.8 Å². The highest BCUT2D eigenvalue weighted by Crippen LogP contribution is 2.20. The van der Waals surface area contributed by atoms with E-state index in [1.54, 1.807) is 12.1 Å². The number of hydrogen-bond donors (Lipinski definition) is 2. The van der Waals surface area contributed by atoms with Crippen molar-refractivity contribution in [3.8, 4) is 0 Å². The van der Waals surface area contributed by atoms with E-state index in [-0.39, 0.29) is 18.4 Å². The fourth-order valence-electron chi connectivity index (χ4n) is 2.70. The number of benzene rings is 1. The third-order valence-corrected chi connectivity index (χ3v) is 4.02. The van der Waals surface area contributed by atoms with Gasteiger partial charge in [0.1, 0.15) is 0 Å². The number of carbonyl (C=O) groups is 2. The van der Waals surface area contributed by atoms with Crippen LogP contribution >= 0.6 is 0 Å². The molecule has 0 saturated heterocycles. The van der Waals surface area contributed by atoms with Gasteiger partial charge >= 0.3 is 5.97 Å². The van der Waals surface area contributed by atoms with Crippen LogP contribution in [0.3, 0.4) is 0 Å². The summed E-state index contributed by atoms with van der Waals surface area (Å²) >= 11 is 0. The summed E-state index contributed by atoms with van der Waals surface area (Å²) < 4.78 is 0. The maximum atomic E-state index is 12.2. The number of anilines is 1. The summed E-state index contributed by atoms with van der Waals surface area (Å²) in [4.78, 5) is 23.4. The van der Waals surface area contributed by atoms with Gasteiger partial charge in [-0.05, 0) is 43.5 Å². The zero-order valence-electron chi connectivity index (χ0n) is 14.5. The predicted octanol–water partition coefficient (Wildman–Crippen LogP) is 2.75. The Kier molecular flexibility index (Phi) is 5.95. The first kappa shape index (κ1) is 18.0. The third-order valence-electron chi connectivity index (χ3n) is 4.02. The van der Waals surface area contributed by atoms with Gasteiger partial charge in [0.2, 0.25) is 0 Å². The van der Waals surface area contributed by atoms with Gasteiger partial charge in [0.15, 0.2) is 0 Å². The zero-order valence-corrected chi connectivity index (χ0v) is 14.5. The fraction of sp³-hybridized carbons (Fsp3) is 0.500. The summed E-state index contributed by atoms with van der Waals surface area (Å²) in [6, 6.07) is 7.21. The van der Waals surface area contributed by atoms with Crippen molar-refractivity contribution in [2.75, 3.05) is 18.1 Å². The minimum atomic E-state index is -0.874. The largest absolute Gasteiger partial charge is 0.481 e. The molecule has 1 atom stereocenters. The van der Waals surface area contributed by atoms with Gasteiger partial charge < -0.3 is 10.4 Å². The summed E-state index contributed by atoms with van der Waals surface area (Å²) in [6.07, 6.45) is 1.50. The normalized spacial score (nSPS) is 15.3. The SMILES string of the molecule is CC1=NN(c2ccc(C(=O)NCC(CC(C)C)C(=O)O)cc2)CC1. The number of carboxylic acid groups (broad SMARTS) is 1. The molecule has 130 valence electrons. The van der Waals surface area contributed by atoms with Gasteiger partial charge in [0.05, 0.1) is 11.6 Å². The Bertz CT molecular complexity index is 623. The van der Waals surface area contributed by atoms with Crippen molar-refractivity contribution in [3.63, 3.8) is 0 Å². The van der Waals surface area contributed by atoms with Gasteiger partial charge in [-0.15, -0.1) is 0 Å². The van der Waals surface area contributed by atoms with Crippen LogP contribution in [0.25, 0.3) is 0 Å². The molecule has 0 radical (unpaired) electrons. The predicted molar refractivity (Wildman–Crippen MR) is 94.4 cm³/mol. The second kappa shape index (κ2) is 7.95. The molecule has 1 amide bonds. The molecule has 0 fully saturated rings. The number of carbonyl (C=O) groups excluding carboxylic acids is 1. The average Bonchev–Trinajstić information content (AvgIpc) is 2.97. The number of rotatable bonds is 7. The molecular weight excluding hydrogens is 306 g/mol. The van der Waals surface area contributed by atoms with Gasteiger partial charge in [0.25, 0.3) is 5.91 Å². The average molecular weight is 331 g/mol. The standard InChI is InChI=1S/C18H25N3O3/c1-12(2)10-15(18(23)24)11-19-17(22)14-4-6-16(7-5-14)21-9-8-13(3)20-21/h4-7,12,15H,8-11H2,1-3H3,(H,19,22)(H,23,24). The molecule has 1 aromatic carbocycles. The quantitative estimate of drug-likeness (QED) is 0.805. The second-order valence-corrected chi connectivity index (χ2v) is 6.63. The molecule has 1 unspecified atom stereocenters. The van der Waals surface area contributed by atoms with Gasteiger partial charge in [-0.2, -0.15) is 5.10 Å². The molecule has 24 heavy (non-hydrogen) atoms. The highest BCUT2D eigenvalue weighted by atomic mass is 16.4. The summed E-state index contributed by atoms with van der Waals surface area (Å²) in [6.45, 7) is 6.94. The van der Waals surface area contributed by atoms with Crippen molar-refractivity contribution in [3.05, 3.63) is 29.8 Å². The van der Waals surface area contributed by atoms with E-state index in [4.69, 9.17) is 0 Å². The maximum Gasteiger partial charge on any atom is 0.308 e. The van der Waals surface area contributed by atoms with E-state index in [1.165, 1.54) is 0 Å². The van der Waals surface area contributed by atoms with Crippen LogP contribution in [0.5, 0.6) is 0 Å². The minimum Gasteiger partial charge on any atom is -0.481 e. The van der Waals surface area contributed by atoms with Crippen molar-refractivity contribution in [1.29, 1.82) is 0 Å². The van der Waals surface area contributed by atoms with E-state index in [1.807, 2.05) is 37.9 Å². The Morgan fingerprint density at radius 1 is 1.29 bits per heavy atom. The summed E-state index contributed by atoms with van der Waals surface area (Å²) in [5.41, 5.74) is 2.57. The molecule has 6 nitrogen and oxygen atoms in total. The molecule has 2 N–H and O–H groups in total. The molecule has 1 aromatic rings. The van der Waals surface area contributed by atoms with Crippen LogP contribution < -0.4 is 10.3 Å². The topological polar surface area (TPSA) is 82.0 Å². The lowest BCUT2D eigenvalue weighted by Crippen LogP contribution is -2.33. The molecule has 1 aliphatic rings. The van der Waals surface area contributed by atoms with E-state index < -0.39 is 11.9 Å². The number of nitrogens with one attached hydrogen (secondary N) is 1. The van der Waals surface area contributed by atoms with Gasteiger partial charge in [-0.3, -0.25) is 14.6 Å². The van der Waals surface area contributed by atoms with Crippen LogP contribution in [0.15, 0.2) is 29.4 Å². The molecule has 0 saturated carbocycles. The Labute approximate surface area is 142 Å². The molecule has 2 rings (SSSR count). The van der Waals surface area contributed by atoms with E-state index >= 15 is 0 Å². The van der Waals surface area contributed by atoms with Crippen LogP contribution in [0.2, 0.25) is 0 Å². The minimum absolute atomic E-state index is 0.143. The van der Waals surface area contributed by atoms with E-state index in [2.05, 4.69) is 10.4 Å². The number of aliphatic carboxylic acids is 1. The summed E-state index contributed by atoms with van der Waals surface area (Å²) in [7, 11) is 0. The van der Waals surface area contributed by atoms with Crippen LogP contribution in [-0.4, -0.2) is 35.8 Å². The van der Waals surface area contributed by atoms with Crippen LogP contribution in [0, 0.1) is 11.8 Å². The first-order chi connectivity index (χ1) is 11.4. The number of amides is 1. The molecule has 0 spiro atoms. The molecule has 1 heterocycles. The highest BCUT2D eigenvalue weighted by molar-refractivity contribution is 5.95. The van der Waals surface area contributed by atoms with Crippen LogP contribution in [0.1, 0.15) is 44.0 Å². The maximum absolute atomic E-state index is 12.2. The van der Waals surface area contributed by atoms with Crippen molar-refractivity contribution in [1.82, 2.24) is 5.32 Å². The third kappa shape index (κ3) is 4.81. The lowest BCUT2D eigenvalue weighted by Gasteiger charge is -2.16. The molecule has 6 heteroatoms. The second-order valence-electron chi connectivity index (χ2n) is 6.63. The molecule has 0 bridgehead atoms. The van der Waals surface area contributed by atoms with E-state index in [9.17, 15) is 14.7 Å². The fourth-order valence-corrected chi connectivity index (χ4v) is 2.70. The number of hydrogen-bond acceptors (Lipinski definition) is 4. The zero-order chi connectivity index (χ0) is 17.7. The summed E-state index contributed by atoms with van der Waals surface area (Å²) in [5, 5.41) is 18.3. The lowest BCUT2D eigenvalue weighted by atomic mass is 9.97. The Hall–Kier alpha value is -2.37. The monoisotopic (exact) mass is 331 g/mol. The highest BCUT2D eigenvalue weighted by Gasteiger charge is 2.20. The van der Waals surface area contributed by atoms with Crippen LogP contribution in [-0.2, 0) is 4.79 Å².